The van der Waals surface area contributed by atoms with E-state index < -0.39 is 0 Å². The van der Waals surface area contributed by atoms with Gasteiger partial charge in [0.2, 0.25) is 0 Å². The highest BCUT2D eigenvalue weighted by Gasteiger charge is 2.12. The van der Waals surface area contributed by atoms with Crippen LogP contribution in [-0.4, -0.2) is 20.2 Å². The van der Waals surface area contributed by atoms with Crippen LogP contribution in [0.15, 0.2) is 48.5 Å². The number of tetrazole rings is 1. The van der Waals surface area contributed by atoms with Crippen LogP contribution in [0.3, 0.4) is 0 Å². The average molecular weight is 343 g/mol. The Hall–Kier alpha value is -2.40. The van der Waals surface area contributed by atoms with Crippen LogP contribution in [0.4, 0.5) is 0 Å². The topological polar surface area (TPSA) is 52.8 Å². The average Bonchev–Trinajstić information content (AvgIpc) is 3.01. The molecule has 0 aliphatic carbocycles. The Morgan fingerprint density at radius 2 is 1.92 bits per heavy atom. The van der Waals surface area contributed by atoms with Gasteiger partial charge in [0.05, 0.1) is 0 Å². The number of aromatic nitrogens is 4. The second-order valence-corrected chi connectivity index (χ2v) is 6.46. The Bertz CT molecular complexity index is 802. The molecule has 0 saturated carbocycles. The fourth-order valence-electron chi connectivity index (χ4n) is 2.40. The fraction of sp³-hybridized carbons (Fsp3) is 0.278. The molecule has 6 heteroatoms. The largest absolute Gasteiger partial charge is 0.489 e. The van der Waals surface area contributed by atoms with E-state index in [9.17, 15) is 0 Å². The molecule has 3 aromatic rings. The van der Waals surface area contributed by atoms with Crippen LogP contribution >= 0.6 is 11.6 Å². The van der Waals surface area contributed by atoms with E-state index in [1.165, 1.54) is 0 Å². The molecule has 0 radical (unpaired) electrons. The molecular weight excluding hydrogens is 324 g/mol. The summed E-state index contributed by atoms with van der Waals surface area (Å²) < 4.78 is 7.66. The van der Waals surface area contributed by atoms with Gasteiger partial charge in [-0.3, -0.25) is 0 Å². The summed E-state index contributed by atoms with van der Waals surface area (Å²) >= 11 is 6.25. The molecule has 0 saturated heterocycles. The lowest BCUT2D eigenvalue weighted by Crippen LogP contribution is -2.08. The molecular formula is C18H19ClN4O. The van der Waals surface area contributed by atoms with E-state index in [4.69, 9.17) is 16.3 Å². The molecule has 5 nitrogen and oxygen atoms in total. The molecule has 2 aromatic carbocycles. The number of benzene rings is 2. The molecule has 0 unspecified atom stereocenters. The number of ether oxygens (including phenoxy) is 1. The van der Waals surface area contributed by atoms with E-state index in [1.54, 1.807) is 10.7 Å². The van der Waals surface area contributed by atoms with Crippen LogP contribution in [0, 0.1) is 5.92 Å². The highest BCUT2D eigenvalue weighted by Crippen LogP contribution is 2.28. The SMILES string of the molecule is CC(C)Cn1nnnc1-c1cc(Cl)cc(OCc2ccccc2)c1. The monoisotopic (exact) mass is 342 g/mol. The molecule has 3 rings (SSSR count). The molecule has 0 spiro atoms. The van der Waals surface area contributed by atoms with Crippen molar-refractivity contribution in [3.8, 4) is 17.1 Å². The highest BCUT2D eigenvalue weighted by molar-refractivity contribution is 6.31. The van der Waals surface area contributed by atoms with Gasteiger partial charge in [0.15, 0.2) is 5.82 Å². The molecule has 1 aromatic heterocycles. The van der Waals surface area contributed by atoms with Crippen molar-refractivity contribution >= 4 is 11.6 Å². The predicted molar refractivity (Wildman–Crippen MR) is 93.9 cm³/mol. The van der Waals surface area contributed by atoms with Gasteiger partial charge in [0.25, 0.3) is 0 Å². The van der Waals surface area contributed by atoms with E-state index in [-0.39, 0.29) is 0 Å². The standard InChI is InChI=1S/C18H19ClN4O/c1-13(2)11-23-18(20-21-22-23)15-8-16(19)10-17(9-15)24-12-14-6-4-3-5-7-14/h3-10,13H,11-12H2,1-2H3. The third-order valence-electron chi connectivity index (χ3n) is 3.45. The summed E-state index contributed by atoms with van der Waals surface area (Å²) in [6, 6.07) is 15.6. The molecule has 0 aliphatic heterocycles. The van der Waals surface area contributed by atoms with E-state index in [0.29, 0.717) is 29.1 Å². The van der Waals surface area contributed by atoms with Crippen molar-refractivity contribution in [3.63, 3.8) is 0 Å². The molecule has 1 heterocycles. The maximum atomic E-state index is 6.25. The minimum atomic E-state index is 0.445. The van der Waals surface area contributed by atoms with Crippen LogP contribution in [-0.2, 0) is 13.2 Å². The summed E-state index contributed by atoms with van der Waals surface area (Å²) in [5.41, 5.74) is 1.94. The fourth-order valence-corrected chi connectivity index (χ4v) is 2.62. The molecule has 0 N–H and O–H groups in total. The van der Waals surface area contributed by atoms with Crippen LogP contribution in [0.2, 0.25) is 5.02 Å². The van der Waals surface area contributed by atoms with Crippen molar-refractivity contribution in [2.45, 2.75) is 27.0 Å². The first-order valence-corrected chi connectivity index (χ1v) is 8.23. The van der Waals surface area contributed by atoms with Crippen molar-refractivity contribution in [2.75, 3.05) is 0 Å². The van der Waals surface area contributed by atoms with Crippen molar-refractivity contribution in [2.24, 2.45) is 5.92 Å². The number of hydrogen-bond acceptors (Lipinski definition) is 4. The van der Waals surface area contributed by atoms with Gasteiger partial charge in [-0.2, -0.15) is 0 Å². The number of hydrogen-bond donors (Lipinski definition) is 0. The van der Waals surface area contributed by atoms with Crippen molar-refractivity contribution in [1.82, 2.24) is 20.2 Å². The first-order valence-electron chi connectivity index (χ1n) is 7.85. The smallest absolute Gasteiger partial charge is 0.182 e. The van der Waals surface area contributed by atoms with Gasteiger partial charge in [0.1, 0.15) is 12.4 Å². The number of halogens is 1. The summed E-state index contributed by atoms with van der Waals surface area (Å²) in [4.78, 5) is 0. The quantitative estimate of drug-likeness (QED) is 0.672. The second kappa shape index (κ2) is 7.45. The van der Waals surface area contributed by atoms with Crippen LogP contribution in [0.1, 0.15) is 19.4 Å². The van der Waals surface area contributed by atoms with Crippen LogP contribution in [0.5, 0.6) is 5.75 Å². The Morgan fingerprint density at radius 1 is 1.12 bits per heavy atom. The molecule has 124 valence electrons. The minimum absolute atomic E-state index is 0.445. The van der Waals surface area contributed by atoms with Gasteiger partial charge in [-0.15, -0.1) is 5.10 Å². The van der Waals surface area contributed by atoms with Crippen molar-refractivity contribution in [1.29, 1.82) is 0 Å². The maximum Gasteiger partial charge on any atom is 0.182 e. The molecule has 0 amide bonds. The second-order valence-electron chi connectivity index (χ2n) is 6.03. The van der Waals surface area contributed by atoms with Crippen molar-refractivity contribution in [3.05, 3.63) is 59.1 Å². The van der Waals surface area contributed by atoms with Crippen LogP contribution in [0.25, 0.3) is 11.4 Å². The summed E-state index contributed by atoms with van der Waals surface area (Å²) in [5, 5.41) is 12.6. The van der Waals surface area contributed by atoms with E-state index in [0.717, 1.165) is 17.7 Å². The molecule has 24 heavy (non-hydrogen) atoms. The Kier molecular flexibility index (Phi) is 5.11. The molecule has 0 fully saturated rings. The van der Waals surface area contributed by atoms with E-state index in [2.05, 4.69) is 29.4 Å². The van der Waals surface area contributed by atoms with Crippen LogP contribution < -0.4 is 4.74 Å². The first kappa shape index (κ1) is 16.5. The summed E-state index contributed by atoms with van der Waals surface area (Å²) in [7, 11) is 0. The van der Waals surface area contributed by atoms with E-state index in [1.807, 2.05) is 42.5 Å². The molecule has 0 bridgehead atoms. The summed E-state index contributed by atoms with van der Waals surface area (Å²) in [5.74, 6) is 1.83. The molecule has 0 aliphatic rings. The Balaban J connectivity index is 1.83. The van der Waals surface area contributed by atoms with Gasteiger partial charge in [-0.1, -0.05) is 55.8 Å². The predicted octanol–water partition coefficient (Wildman–Crippen LogP) is 4.23. The summed E-state index contributed by atoms with van der Waals surface area (Å²) in [6.45, 7) is 5.47. The van der Waals surface area contributed by atoms with Gasteiger partial charge >= 0.3 is 0 Å². The van der Waals surface area contributed by atoms with E-state index >= 15 is 0 Å². The zero-order valence-corrected chi connectivity index (χ0v) is 14.4. The lowest BCUT2D eigenvalue weighted by Gasteiger charge is -2.10. The first-order chi connectivity index (χ1) is 11.6. The number of rotatable bonds is 6. The zero-order valence-electron chi connectivity index (χ0n) is 13.7. The van der Waals surface area contributed by atoms with Gasteiger partial charge in [0, 0.05) is 17.1 Å². The van der Waals surface area contributed by atoms with Gasteiger partial charge in [-0.05, 0) is 40.1 Å². The summed E-state index contributed by atoms with van der Waals surface area (Å²) in [6.07, 6.45) is 0. The lowest BCUT2D eigenvalue weighted by atomic mass is 10.2. The third-order valence-corrected chi connectivity index (χ3v) is 3.67. The Labute approximate surface area is 146 Å². The zero-order chi connectivity index (χ0) is 16.9. The third kappa shape index (κ3) is 4.11. The highest BCUT2D eigenvalue weighted by atomic mass is 35.5. The van der Waals surface area contributed by atoms with Crippen molar-refractivity contribution < 1.29 is 4.74 Å². The maximum absolute atomic E-state index is 6.25. The molecule has 0 atom stereocenters. The number of nitrogens with zero attached hydrogens (tertiary/aromatic N) is 4. The van der Waals surface area contributed by atoms with Gasteiger partial charge < -0.3 is 4.74 Å². The normalized spacial score (nSPS) is 11.0. The minimum Gasteiger partial charge on any atom is -0.489 e. The Morgan fingerprint density at radius 3 is 2.67 bits per heavy atom. The lowest BCUT2D eigenvalue weighted by molar-refractivity contribution is 0.306. The van der Waals surface area contributed by atoms with Gasteiger partial charge in [-0.25, -0.2) is 4.68 Å².